The topological polar surface area (TPSA) is 45.2 Å². The van der Waals surface area contributed by atoms with Crippen LogP contribution in [0, 0.1) is 0 Å². The first-order chi connectivity index (χ1) is 6.96. The minimum Gasteiger partial charge on any atom is -0.542 e. The second-order valence-corrected chi connectivity index (χ2v) is 9.03. The maximum atomic E-state index is 9.77. The van der Waals surface area contributed by atoms with Crippen LogP contribution in [-0.2, 0) is 0 Å². The van der Waals surface area contributed by atoms with Gasteiger partial charge in [-0.05, 0) is 31.8 Å². The van der Waals surface area contributed by atoms with Crippen LogP contribution in [0.2, 0.25) is 19.6 Å². The van der Waals surface area contributed by atoms with Crippen LogP contribution in [0.4, 0.5) is 0 Å². The fourth-order valence-electron chi connectivity index (χ4n) is 1.48. The van der Waals surface area contributed by atoms with Crippen molar-refractivity contribution < 1.29 is 9.53 Å². The predicted octanol–water partition coefficient (Wildman–Crippen LogP) is 3.09. The van der Waals surface area contributed by atoms with Gasteiger partial charge in [0.2, 0.25) is 8.32 Å². The largest absolute Gasteiger partial charge is 0.542 e. The Balaban J connectivity index is 2.46. The van der Waals surface area contributed by atoms with Gasteiger partial charge in [-0.2, -0.15) is 0 Å². The summed E-state index contributed by atoms with van der Waals surface area (Å²) in [5, 5.41) is 10.8. The molecule has 0 aliphatic rings. The molecule has 3 nitrogen and oxygen atoms in total. The standard InChI is InChI=1S/C11H15NO2Si/c1-15(2,3)14-11-6-8-4-5-12-9(8)7-10(11)13/h4-7,12-13H,1-3H3. The van der Waals surface area contributed by atoms with Gasteiger partial charge in [-0.3, -0.25) is 0 Å². The molecule has 2 aromatic rings. The van der Waals surface area contributed by atoms with Gasteiger partial charge in [0.15, 0.2) is 5.75 Å². The van der Waals surface area contributed by atoms with E-state index in [4.69, 9.17) is 4.43 Å². The Morgan fingerprint density at radius 3 is 2.67 bits per heavy atom. The number of hydrogen-bond acceptors (Lipinski definition) is 2. The van der Waals surface area contributed by atoms with Crippen molar-refractivity contribution in [3.63, 3.8) is 0 Å². The quantitative estimate of drug-likeness (QED) is 0.765. The van der Waals surface area contributed by atoms with E-state index in [-0.39, 0.29) is 5.75 Å². The van der Waals surface area contributed by atoms with Gasteiger partial charge in [0.05, 0.1) is 0 Å². The Morgan fingerprint density at radius 2 is 2.00 bits per heavy atom. The van der Waals surface area contributed by atoms with Gasteiger partial charge in [0, 0.05) is 23.2 Å². The molecule has 15 heavy (non-hydrogen) atoms. The normalized spacial score (nSPS) is 11.9. The molecule has 0 saturated carbocycles. The number of phenols is 1. The van der Waals surface area contributed by atoms with Crippen LogP contribution in [0.15, 0.2) is 24.4 Å². The molecule has 2 rings (SSSR count). The molecule has 2 N–H and O–H groups in total. The van der Waals surface area contributed by atoms with Crippen molar-refractivity contribution in [1.29, 1.82) is 0 Å². The van der Waals surface area contributed by atoms with Gasteiger partial charge >= 0.3 is 0 Å². The number of nitrogens with one attached hydrogen (secondary N) is 1. The Kier molecular flexibility index (Phi) is 2.23. The van der Waals surface area contributed by atoms with Crippen molar-refractivity contribution in [2.75, 3.05) is 0 Å². The summed E-state index contributed by atoms with van der Waals surface area (Å²) in [6, 6.07) is 5.54. The lowest BCUT2D eigenvalue weighted by molar-refractivity contribution is 0.437. The van der Waals surface area contributed by atoms with Gasteiger partial charge < -0.3 is 14.5 Å². The van der Waals surface area contributed by atoms with Gasteiger partial charge in [-0.1, -0.05) is 0 Å². The number of phenolic OH excluding ortho intramolecular Hbond substituents is 1. The first kappa shape index (κ1) is 10.1. The SMILES string of the molecule is C[Si](C)(C)Oc1cc2cc[nH]c2cc1O. The summed E-state index contributed by atoms with van der Waals surface area (Å²) >= 11 is 0. The molecule has 0 radical (unpaired) electrons. The van der Waals surface area contributed by atoms with Crippen LogP contribution < -0.4 is 4.43 Å². The third-order valence-corrected chi connectivity index (χ3v) is 2.88. The third kappa shape index (κ3) is 2.15. The van der Waals surface area contributed by atoms with Gasteiger partial charge in [0.25, 0.3) is 0 Å². The molecule has 1 aromatic heterocycles. The lowest BCUT2D eigenvalue weighted by atomic mass is 10.2. The third-order valence-electron chi connectivity index (χ3n) is 2.05. The fraction of sp³-hybridized carbons (Fsp3) is 0.273. The van der Waals surface area contributed by atoms with Crippen molar-refractivity contribution in [1.82, 2.24) is 4.98 Å². The lowest BCUT2D eigenvalue weighted by Gasteiger charge is -2.19. The average Bonchev–Trinajstić information content (AvgIpc) is 2.49. The number of aromatic amines is 1. The van der Waals surface area contributed by atoms with Crippen LogP contribution in [-0.4, -0.2) is 18.4 Å². The smallest absolute Gasteiger partial charge is 0.242 e. The molecule has 0 saturated heterocycles. The molecule has 0 atom stereocenters. The molecular formula is C11H15NO2Si. The van der Waals surface area contributed by atoms with E-state index in [1.807, 2.05) is 18.3 Å². The highest BCUT2D eigenvalue weighted by Gasteiger charge is 2.18. The zero-order valence-electron chi connectivity index (χ0n) is 9.16. The van der Waals surface area contributed by atoms with Crippen molar-refractivity contribution >= 4 is 19.2 Å². The second kappa shape index (κ2) is 3.31. The highest BCUT2D eigenvalue weighted by molar-refractivity contribution is 6.70. The van der Waals surface area contributed by atoms with E-state index in [1.54, 1.807) is 6.07 Å². The maximum Gasteiger partial charge on any atom is 0.242 e. The molecule has 1 heterocycles. The van der Waals surface area contributed by atoms with Crippen molar-refractivity contribution in [3.05, 3.63) is 24.4 Å². The molecule has 0 amide bonds. The number of benzene rings is 1. The molecule has 0 aliphatic carbocycles. The van der Waals surface area contributed by atoms with E-state index in [0.29, 0.717) is 5.75 Å². The van der Waals surface area contributed by atoms with Crippen LogP contribution in [0.3, 0.4) is 0 Å². The predicted molar refractivity (Wildman–Crippen MR) is 63.9 cm³/mol. The Bertz CT molecular complexity index is 485. The minimum absolute atomic E-state index is 0.201. The van der Waals surface area contributed by atoms with E-state index >= 15 is 0 Å². The summed E-state index contributed by atoms with van der Waals surface area (Å²) in [6.45, 7) is 6.27. The first-order valence-electron chi connectivity index (χ1n) is 4.95. The molecule has 0 fully saturated rings. The lowest BCUT2D eigenvalue weighted by Crippen LogP contribution is -2.29. The van der Waals surface area contributed by atoms with E-state index in [1.165, 1.54) is 0 Å². The number of fused-ring (bicyclic) bond motifs is 1. The summed E-state index contributed by atoms with van der Waals surface area (Å²) in [4.78, 5) is 3.05. The number of H-pyrrole nitrogens is 1. The zero-order chi connectivity index (χ0) is 11.1. The number of rotatable bonds is 2. The summed E-state index contributed by atoms with van der Waals surface area (Å²) in [5.74, 6) is 0.786. The Hall–Kier alpha value is -1.42. The maximum absolute atomic E-state index is 9.77. The molecule has 80 valence electrons. The van der Waals surface area contributed by atoms with Crippen LogP contribution in [0.5, 0.6) is 11.5 Å². The molecule has 0 aliphatic heterocycles. The number of aromatic hydroxyl groups is 1. The van der Waals surface area contributed by atoms with E-state index < -0.39 is 8.32 Å². The minimum atomic E-state index is -1.67. The Morgan fingerprint density at radius 1 is 1.27 bits per heavy atom. The molecule has 0 spiro atoms. The highest BCUT2D eigenvalue weighted by Crippen LogP contribution is 2.32. The van der Waals surface area contributed by atoms with E-state index in [9.17, 15) is 5.11 Å². The summed E-state index contributed by atoms with van der Waals surface area (Å²) < 4.78 is 5.78. The average molecular weight is 221 g/mol. The highest BCUT2D eigenvalue weighted by atomic mass is 28.4. The van der Waals surface area contributed by atoms with E-state index in [2.05, 4.69) is 24.6 Å². The summed E-state index contributed by atoms with van der Waals surface area (Å²) in [7, 11) is -1.67. The van der Waals surface area contributed by atoms with Gasteiger partial charge in [0.1, 0.15) is 5.75 Å². The van der Waals surface area contributed by atoms with Crippen molar-refractivity contribution in [2.24, 2.45) is 0 Å². The summed E-state index contributed by atoms with van der Waals surface area (Å²) in [6.07, 6.45) is 1.85. The van der Waals surface area contributed by atoms with Crippen molar-refractivity contribution in [3.8, 4) is 11.5 Å². The molecule has 0 bridgehead atoms. The van der Waals surface area contributed by atoms with Crippen LogP contribution >= 0.6 is 0 Å². The molecular weight excluding hydrogens is 206 g/mol. The van der Waals surface area contributed by atoms with E-state index in [0.717, 1.165) is 10.9 Å². The summed E-state index contributed by atoms with van der Waals surface area (Å²) in [5.41, 5.74) is 0.926. The molecule has 0 unspecified atom stereocenters. The molecule has 4 heteroatoms. The second-order valence-electron chi connectivity index (χ2n) is 4.60. The zero-order valence-corrected chi connectivity index (χ0v) is 10.2. The number of hydrogen-bond donors (Lipinski definition) is 2. The van der Waals surface area contributed by atoms with Crippen molar-refractivity contribution in [2.45, 2.75) is 19.6 Å². The fourth-order valence-corrected chi connectivity index (χ4v) is 2.30. The Labute approximate surface area is 89.8 Å². The monoisotopic (exact) mass is 221 g/mol. The first-order valence-corrected chi connectivity index (χ1v) is 8.36. The number of aromatic nitrogens is 1. The van der Waals surface area contributed by atoms with Gasteiger partial charge in [-0.25, -0.2) is 0 Å². The van der Waals surface area contributed by atoms with Crippen LogP contribution in [0.1, 0.15) is 0 Å². The van der Waals surface area contributed by atoms with Crippen LogP contribution in [0.25, 0.3) is 10.9 Å². The van der Waals surface area contributed by atoms with Gasteiger partial charge in [-0.15, -0.1) is 0 Å². The molecule has 1 aromatic carbocycles.